The van der Waals surface area contributed by atoms with Crippen LogP contribution in [0.1, 0.15) is 25.3 Å². The number of rotatable bonds is 5. The van der Waals surface area contributed by atoms with Gasteiger partial charge in [-0.1, -0.05) is 18.2 Å². The Balaban J connectivity index is 1.98. The molecule has 1 aliphatic heterocycles. The van der Waals surface area contributed by atoms with Crippen molar-refractivity contribution in [2.75, 3.05) is 11.4 Å². The Hall–Kier alpha value is -2.37. The Morgan fingerprint density at radius 1 is 1.33 bits per heavy atom. The van der Waals surface area contributed by atoms with Gasteiger partial charge in [0.2, 0.25) is 11.8 Å². The fourth-order valence-electron chi connectivity index (χ4n) is 2.33. The van der Waals surface area contributed by atoms with Crippen molar-refractivity contribution >= 4 is 23.5 Å². The first kappa shape index (κ1) is 15.0. The van der Waals surface area contributed by atoms with Crippen LogP contribution in [0.4, 0.5) is 5.69 Å². The van der Waals surface area contributed by atoms with E-state index in [9.17, 15) is 14.4 Å². The number of carbonyl (C=O) groups excluding carboxylic acids is 2. The zero-order valence-electron chi connectivity index (χ0n) is 11.8. The van der Waals surface area contributed by atoms with Crippen molar-refractivity contribution in [2.45, 2.75) is 32.2 Å². The second-order valence-electron chi connectivity index (χ2n) is 5.05. The van der Waals surface area contributed by atoms with Crippen LogP contribution in [0.15, 0.2) is 24.3 Å². The standard InChI is InChI=1S/C15H18N2O4/c1-10(15(20)21)16-13(18)8-9-17-12-5-3-2-4-11(12)6-7-14(17)19/h2-5,10H,6-9H2,1H3,(H,16,18)(H,20,21)/t10-/m1/s1. The summed E-state index contributed by atoms with van der Waals surface area (Å²) in [5.74, 6) is -1.46. The summed E-state index contributed by atoms with van der Waals surface area (Å²) in [5.41, 5.74) is 1.93. The lowest BCUT2D eigenvalue weighted by Crippen LogP contribution is -2.42. The van der Waals surface area contributed by atoms with Gasteiger partial charge in [0.05, 0.1) is 0 Å². The van der Waals surface area contributed by atoms with Crippen LogP contribution in [-0.2, 0) is 20.8 Å². The van der Waals surface area contributed by atoms with Gasteiger partial charge in [0.1, 0.15) is 6.04 Å². The molecule has 1 aliphatic rings. The molecule has 0 saturated heterocycles. The van der Waals surface area contributed by atoms with Crippen molar-refractivity contribution in [3.63, 3.8) is 0 Å². The summed E-state index contributed by atoms with van der Waals surface area (Å²) >= 11 is 0. The second-order valence-corrected chi connectivity index (χ2v) is 5.05. The highest BCUT2D eigenvalue weighted by atomic mass is 16.4. The molecule has 0 radical (unpaired) electrons. The van der Waals surface area contributed by atoms with E-state index in [1.165, 1.54) is 6.92 Å². The molecule has 0 saturated carbocycles. The van der Waals surface area contributed by atoms with Gasteiger partial charge in [-0.25, -0.2) is 0 Å². The molecular formula is C15H18N2O4. The van der Waals surface area contributed by atoms with Crippen LogP contribution in [0.25, 0.3) is 0 Å². The highest BCUT2D eigenvalue weighted by Crippen LogP contribution is 2.27. The first-order valence-corrected chi connectivity index (χ1v) is 6.89. The SMILES string of the molecule is C[C@@H](NC(=O)CCN1C(=O)CCc2ccccc21)C(=O)O. The third-order valence-electron chi connectivity index (χ3n) is 3.50. The Morgan fingerprint density at radius 2 is 2.05 bits per heavy atom. The molecule has 2 amide bonds. The Labute approximate surface area is 122 Å². The average Bonchev–Trinajstić information content (AvgIpc) is 2.46. The lowest BCUT2D eigenvalue weighted by molar-refractivity contribution is -0.141. The van der Waals surface area contributed by atoms with Crippen LogP contribution in [0.5, 0.6) is 0 Å². The van der Waals surface area contributed by atoms with Gasteiger partial charge in [-0.3, -0.25) is 14.4 Å². The van der Waals surface area contributed by atoms with Gasteiger partial charge in [0.15, 0.2) is 0 Å². The third kappa shape index (κ3) is 3.59. The molecule has 0 bridgehead atoms. The number of anilines is 1. The molecule has 0 spiro atoms. The quantitative estimate of drug-likeness (QED) is 0.845. The molecule has 2 N–H and O–H groups in total. The molecule has 6 nitrogen and oxygen atoms in total. The van der Waals surface area contributed by atoms with Crippen LogP contribution in [0.2, 0.25) is 0 Å². The number of nitrogens with one attached hydrogen (secondary N) is 1. The molecule has 112 valence electrons. The summed E-state index contributed by atoms with van der Waals surface area (Å²) in [7, 11) is 0. The third-order valence-corrected chi connectivity index (χ3v) is 3.50. The number of benzene rings is 1. The topological polar surface area (TPSA) is 86.7 Å². The lowest BCUT2D eigenvalue weighted by atomic mass is 10.0. The summed E-state index contributed by atoms with van der Waals surface area (Å²) in [6.07, 6.45) is 1.23. The highest BCUT2D eigenvalue weighted by Gasteiger charge is 2.24. The molecule has 0 aliphatic carbocycles. The van der Waals surface area contributed by atoms with Gasteiger partial charge < -0.3 is 15.3 Å². The first-order chi connectivity index (χ1) is 9.99. The lowest BCUT2D eigenvalue weighted by Gasteiger charge is -2.29. The number of carbonyl (C=O) groups is 3. The Bertz CT molecular complexity index is 571. The normalized spacial score (nSPS) is 15.3. The van der Waals surface area contributed by atoms with E-state index >= 15 is 0 Å². The molecule has 1 heterocycles. The number of carboxylic acids is 1. The number of aryl methyl sites for hydroxylation is 1. The zero-order chi connectivity index (χ0) is 15.4. The molecule has 0 unspecified atom stereocenters. The van der Waals surface area contributed by atoms with Crippen molar-refractivity contribution in [1.82, 2.24) is 5.32 Å². The first-order valence-electron chi connectivity index (χ1n) is 6.89. The number of fused-ring (bicyclic) bond motifs is 1. The fourth-order valence-corrected chi connectivity index (χ4v) is 2.33. The smallest absolute Gasteiger partial charge is 0.325 e. The van der Waals surface area contributed by atoms with Crippen LogP contribution in [0, 0.1) is 0 Å². The van der Waals surface area contributed by atoms with Gasteiger partial charge in [0, 0.05) is 25.1 Å². The van der Waals surface area contributed by atoms with E-state index in [2.05, 4.69) is 5.32 Å². The molecule has 1 atom stereocenters. The maximum Gasteiger partial charge on any atom is 0.325 e. The van der Waals surface area contributed by atoms with Crippen LogP contribution in [-0.4, -0.2) is 35.5 Å². The number of nitrogens with zero attached hydrogens (tertiary/aromatic N) is 1. The monoisotopic (exact) mass is 290 g/mol. The van der Waals surface area contributed by atoms with Crippen LogP contribution < -0.4 is 10.2 Å². The number of hydrogen-bond acceptors (Lipinski definition) is 3. The minimum atomic E-state index is -1.08. The Kier molecular flexibility index (Phi) is 4.57. The molecule has 0 fully saturated rings. The van der Waals surface area contributed by atoms with Crippen molar-refractivity contribution in [3.8, 4) is 0 Å². The zero-order valence-corrected chi connectivity index (χ0v) is 11.8. The van der Waals surface area contributed by atoms with E-state index in [1.54, 1.807) is 4.90 Å². The molecule has 2 rings (SSSR count). The van der Waals surface area contributed by atoms with E-state index in [0.717, 1.165) is 11.3 Å². The number of aliphatic carboxylic acids is 1. The summed E-state index contributed by atoms with van der Waals surface area (Å²) in [6.45, 7) is 1.66. The van der Waals surface area contributed by atoms with E-state index in [4.69, 9.17) is 5.11 Å². The van der Waals surface area contributed by atoms with Crippen molar-refractivity contribution in [2.24, 2.45) is 0 Å². The second kappa shape index (κ2) is 6.39. The maximum atomic E-state index is 12.0. The predicted octanol–water partition coefficient (Wildman–Crippen LogP) is 0.945. The number of carboxylic acid groups (broad SMARTS) is 1. The fraction of sp³-hybridized carbons (Fsp3) is 0.400. The molecule has 6 heteroatoms. The van der Waals surface area contributed by atoms with Gasteiger partial charge in [-0.2, -0.15) is 0 Å². The number of amides is 2. The average molecular weight is 290 g/mol. The highest BCUT2D eigenvalue weighted by molar-refractivity contribution is 5.97. The van der Waals surface area contributed by atoms with Crippen molar-refractivity contribution in [3.05, 3.63) is 29.8 Å². The van der Waals surface area contributed by atoms with E-state index < -0.39 is 12.0 Å². The molecule has 1 aromatic rings. The van der Waals surface area contributed by atoms with Crippen molar-refractivity contribution in [1.29, 1.82) is 0 Å². The molecule has 1 aromatic carbocycles. The predicted molar refractivity (Wildman–Crippen MR) is 77.0 cm³/mol. The van der Waals surface area contributed by atoms with Gasteiger partial charge in [0.25, 0.3) is 0 Å². The summed E-state index contributed by atoms with van der Waals surface area (Å²) in [4.78, 5) is 36.0. The molecule has 0 aromatic heterocycles. The minimum absolute atomic E-state index is 0.00668. The number of hydrogen-bond donors (Lipinski definition) is 2. The minimum Gasteiger partial charge on any atom is -0.480 e. The Morgan fingerprint density at radius 3 is 2.76 bits per heavy atom. The molecule has 21 heavy (non-hydrogen) atoms. The summed E-state index contributed by atoms with van der Waals surface area (Å²) in [5, 5.41) is 11.1. The van der Waals surface area contributed by atoms with Crippen LogP contribution >= 0.6 is 0 Å². The van der Waals surface area contributed by atoms with Gasteiger partial charge in [-0.15, -0.1) is 0 Å². The van der Waals surface area contributed by atoms with Gasteiger partial charge in [-0.05, 0) is 25.0 Å². The van der Waals surface area contributed by atoms with Crippen molar-refractivity contribution < 1.29 is 19.5 Å². The van der Waals surface area contributed by atoms with E-state index in [0.29, 0.717) is 12.8 Å². The largest absolute Gasteiger partial charge is 0.480 e. The van der Waals surface area contributed by atoms with E-state index in [-0.39, 0.29) is 24.8 Å². The molecular weight excluding hydrogens is 272 g/mol. The summed E-state index contributed by atoms with van der Waals surface area (Å²) < 4.78 is 0. The summed E-state index contributed by atoms with van der Waals surface area (Å²) in [6, 6.07) is 6.69. The van der Waals surface area contributed by atoms with Gasteiger partial charge >= 0.3 is 5.97 Å². The van der Waals surface area contributed by atoms with E-state index in [1.807, 2.05) is 24.3 Å². The van der Waals surface area contributed by atoms with Crippen LogP contribution in [0.3, 0.4) is 0 Å². The number of para-hydroxylation sites is 1. The maximum absolute atomic E-state index is 12.0.